The van der Waals surface area contributed by atoms with E-state index in [1.165, 1.54) is 17.0 Å². The summed E-state index contributed by atoms with van der Waals surface area (Å²) >= 11 is -0.502. The van der Waals surface area contributed by atoms with E-state index in [2.05, 4.69) is 10.3 Å². The Bertz CT molecular complexity index is 1230. The van der Waals surface area contributed by atoms with E-state index in [4.69, 9.17) is 0 Å². The molecule has 0 radical (unpaired) electrons. The van der Waals surface area contributed by atoms with E-state index in [0.29, 0.717) is 29.0 Å². The minimum atomic E-state index is -4.60. The number of aryl methyl sites for hydroxylation is 1. The third-order valence-electron chi connectivity index (χ3n) is 5.87. The molecule has 0 bridgehead atoms. The molecule has 3 amide bonds. The molecule has 1 aromatic carbocycles. The van der Waals surface area contributed by atoms with Crippen LogP contribution in [0.2, 0.25) is 0 Å². The lowest BCUT2D eigenvalue weighted by Crippen LogP contribution is -2.52. The number of ketones is 1. The number of pyridine rings is 1. The number of carbonyl (C=O) groups is 4. The Morgan fingerprint density at radius 2 is 1.86 bits per heavy atom. The number of hydrogen-bond donors (Lipinski definition) is 1. The van der Waals surface area contributed by atoms with Gasteiger partial charge in [0.15, 0.2) is 0 Å². The van der Waals surface area contributed by atoms with Gasteiger partial charge in [-0.3, -0.25) is 29.5 Å². The molecule has 4 rings (SSSR count). The van der Waals surface area contributed by atoms with Gasteiger partial charge in [0, 0.05) is 36.0 Å². The molecule has 1 fully saturated rings. The number of rotatable bonds is 7. The smallest absolute Gasteiger partial charge is 0.322 e. The summed E-state index contributed by atoms with van der Waals surface area (Å²) in [6, 6.07) is 5.35. The van der Waals surface area contributed by atoms with Crippen molar-refractivity contribution >= 4 is 35.3 Å². The molecule has 3 heterocycles. The van der Waals surface area contributed by atoms with Crippen LogP contribution in [0.3, 0.4) is 0 Å². The van der Waals surface area contributed by atoms with Crippen molar-refractivity contribution in [2.24, 2.45) is 0 Å². The molecule has 2 aromatic rings. The molecule has 1 atom stereocenters. The highest BCUT2D eigenvalue weighted by atomic mass is 32.2. The summed E-state index contributed by atoms with van der Waals surface area (Å²) < 4.78 is 66.3. The van der Waals surface area contributed by atoms with Crippen LogP contribution in [0.15, 0.2) is 41.4 Å². The second-order valence-corrected chi connectivity index (χ2v) is 9.45. The summed E-state index contributed by atoms with van der Waals surface area (Å²) in [7, 11) is 0. The summed E-state index contributed by atoms with van der Waals surface area (Å²) in [6.45, 7) is 0.102. The van der Waals surface area contributed by atoms with Crippen molar-refractivity contribution in [2.45, 2.75) is 54.6 Å². The number of alkyl halides is 5. The molecular formula is C23H18F5N3O4S. The fourth-order valence-corrected chi connectivity index (χ4v) is 4.61. The highest BCUT2D eigenvalue weighted by molar-refractivity contribution is 8.00. The quantitative estimate of drug-likeness (QED) is 0.335. The van der Waals surface area contributed by atoms with Gasteiger partial charge in [-0.25, -0.2) is 0 Å². The molecule has 2 aliphatic rings. The summed E-state index contributed by atoms with van der Waals surface area (Å²) in [5, 5.41) is 2.20. The van der Waals surface area contributed by atoms with E-state index in [-0.39, 0.29) is 36.6 Å². The average Bonchev–Trinajstić information content (AvgIpc) is 3.12. The van der Waals surface area contributed by atoms with Crippen molar-refractivity contribution in [3.8, 4) is 0 Å². The highest BCUT2D eigenvalue weighted by Crippen LogP contribution is 2.38. The van der Waals surface area contributed by atoms with Gasteiger partial charge < -0.3 is 4.90 Å². The van der Waals surface area contributed by atoms with Gasteiger partial charge in [-0.15, -0.1) is 0 Å². The number of carbonyl (C=O) groups excluding carboxylic acids is 4. The number of hydrogen-bond acceptors (Lipinski definition) is 6. The van der Waals surface area contributed by atoms with Crippen LogP contribution < -0.4 is 5.32 Å². The number of Topliss-reactive ketones (excluding diaryl/α,β-unsaturated/α-hetero) is 1. The summed E-state index contributed by atoms with van der Waals surface area (Å²) in [4.78, 5) is 52.8. The number of fused-ring (bicyclic) bond motifs is 1. The Balaban J connectivity index is 1.39. The van der Waals surface area contributed by atoms with Crippen LogP contribution in [0.4, 0.5) is 22.0 Å². The molecule has 0 saturated carbocycles. The predicted molar refractivity (Wildman–Crippen MR) is 116 cm³/mol. The zero-order valence-corrected chi connectivity index (χ0v) is 19.2. The maximum absolute atomic E-state index is 14.6. The van der Waals surface area contributed by atoms with E-state index >= 15 is 0 Å². The Labute approximate surface area is 205 Å². The highest BCUT2D eigenvalue weighted by Gasteiger charge is 2.42. The standard InChI is InChI=1S/C23H18F5N3O4S/c24-22(25,17-6-3-14(10-29-17)36-23(26,27)28)18(32)7-2-12-1-4-15-13(9-12)11-31(21(15)35)16-5-8-19(33)30-20(16)34/h1,3-4,6,9-10,16H,2,5,7-8,11H2,(H,30,33,34). The van der Waals surface area contributed by atoms with Crippen LogP contribution in [0.1, 0.15) is 46.4 Å². The summed E-state index contributed by atoms with van der Waals surface area (Å²) in [5.41, 5.74) is -4.11. The number of aromatic nitrogens is 1. The Morgan fingerprint density at radius 3 is 2.50 bits per heavy atom. The lowest BCUT2D eigenvalue weighted by Gasteiger charge is -2.29. The van der Waals surface area contributed by atoms with E-state index in [9.17, 15) is 41.1 Å². The van der Waals surface area contributed by atoms with Gasteiger partial charge in [-0.2, -0.15) is 22.0 Å². The Morgan fingerprint density at radius 1 is 1.11 bits per heavy atom. The molecule has 7 nitrogen and oxygen atoms in total. The molecule has 0 aliphatic carbocycles. The lowest BCUT2D eigenvalue weighted by molar-refractivity contribution is -0.145. The van der Waals surface area contributed by atoms with Crippen molar-refractivity contribution < 1.29 is 41.1 Å². The molecule has 13 heteroatoms. The van der Waals surface area contributed by atoms with Crippen LogP contribution in [-0.2, 0) is 33.3 Å². The van der Waals surface area contributed by atoms with Gasteiger partial charge in [-0.05, 0) is 53.9 Å². The van der Waals surface area contributed by atoms with Gasteiger partial charge in [0.2, 0.25) is 17.6 Å². The normalized spacial score (nSPS) is 18.3. The molecule has 1 unspecified atom stereocenters. The third-order valence-corrected chi connectivity index (χ3v) is 6.58. The maximum Gasteiger partial charge on any atom is 0.446 e. The summed E-state index contributed by atoms with van der Waals surface area (Å²) in [5.74, 6) is -6.79. The number of halogens is 5. The lowest BCUT2D eigenvalue weighted by atomic mass is 9.99. The van der Waals surface area contributed by atoms with E-state index in [0.717, 1.165) is 6.07 Å². The maximum atomic E-state index is 14.6. The Kier molecular flexibility index (Phi) is 6.86. The van der Waals surface area contributed by atoms with Gasteiger partial charge in [0.05, 0.1) is 0 Å². The van der Waals surface area contributed by atoms with Crippen LogP contribution in [0, 0.1) is 0 Å². The van der Waals surface area contributed by atoms with Crippen molar-refractivity contribution in [1.29, 1.82) is 0 Å². The van der Waals surface area contributed by atoms with Crippen molar-refractivity contribution in [2.75, 3.05) is 0 Å². The van der Waals surface area contributed by atoms with Gasteiger partial charge in [0.25, 0.3) is 5.91 Å². The van der Waals surface area contributed by atoms with Crippen molar-refractivity contribution in [3.05, 3.63) is 58.9 Å². The van der Waals surface area contributed by atoms with E-state index < -0.39 is 58.9 Å². The number of imide groups is 1. The Hall–Kier alpha value is -3.35. The first-order valence-electron chi connectivity index (χ1n) is 10.7. The predicted octanol–water partition coefficient (Wildman–Crippen LogP) is 3.75. The fraction of sp³-hybridized carbons (Fsp3) is 0.348. The molecule has 190 valence electrons. The van der Waals surface area contributed by atoms with Gasteiger partial charge >= 0.3 is 11.4 Å². The number of nitrogens with one attached hydrogen (secondary N) is 1. The minimum absolute atomic E-state index is 0.0731. The molecule has 1 N–H and O–H groups in total. The number of piperidine rings is 1. The number of nitrogens with zero attached hydrogens (tertiary/aromatic N) is 2. The first kappa shape index (κ1) is 25.7. The second-order valence-electron chi connectivity index (χ2n) is 8.32. The van der Waals surface area contributed by atoms with Crippen molar-refractivity contribution in [3.63, 3.8) is 0 Å². The minimum Gasteiger partial charge on any atom is -0.322 e. The number of thioether (sulfide) groups is 1. The number of benzene rings is 1. The zero-order valence-electron chi connectivity index (χ0n) is 18.4. The SMILES string of the molecule is O=C1CCC(N2Cc3cc(CCC(=O)C(F)(F)c4ccc(SC(F)(F)F)cn4)ccc3C2=O)C(=O)N1. The van der Waals surface area contributed by atoms with Crippen LogP contribution in [-0.4, -0.2) is 44.9 Å². The molecular weight excluding hydrogens is 509 g/mol. The number of amides is 3. The van der Waals surface area contributed by atoms with Crippen LogP contribution >= 0.6 is 11.8 Å². The monoisotopic (exact) mass is 527 g/mol. The zero-order chi connectivity index (χ0) is 26.3. The third kappa shape index (κ3) is 5.40. The molecule has 2 aliphatic heterocycles. The van der Waals surface area contributed by atoms with Gasteiger partial charge in [-0.1, -0.05) is 12.1 Å². The largest absolute Gasteiger partial charge is 0.446 e. The molecule has 1 aromatic heterocycles. The average molecular weight is 527 g/mol. The topological polar surface area (TPSA) is 96.4 Å². The van der Waals surface area contributed by atoms with E-state index in [1.54, 1.807) is 6.07 Å². The van der Waals surface area contributed by atoms with E-state index in [1.807, 2.05) is 0 Å². The first-order chi connectivity index (χ1) is 16.8. The van der Waals surface area contributed by atoms with Gasteiger partial charge in [0.1, 0.15) is 11.7 Å². The molecule has 36 heavy (non-hydrogen) atoms. The van der Waals surface area contributed by atoms with Crippen LogP contribution in [0.25, 0.3) is 0 Å². The van der Waals surface area contributed by atoms with Crippen LogP contribution in [0.5, 0.6) is 0 Å². The fourth-order valence-electron chi connectivity index (χ4n) is 4.10. The molecule has 1 saturated heterocycles. The first-order valence-corrected chi connectivity index (χ1v) is 11.6. The molecule has 0 spiro atoms. The van der Waals surface area contributed by atoms with Crippen molar-refractivity contribution in [1.82, 2.24) is 15.2 Å². The summed E-state index contributed by atoms with van der Waals surface area (Å²) in [6.07, 6.45) is 0.301. The second kappa shape index (κ2) is 9.60.